The Labute approximate surface area is 183 Å². The number of sulfonamides is 1. The van der Waals surface area contributed by atoms with Crippen molar-refractivity contribution in [1.82, 2.24) is 9.47 Å². The second-order valence-electron chi connectivity index (χ2n) is 7.28. The van der Waals surface area contributed by atoms with Gasteiger partial charge in [-0.3, -0.25) is 18.9 Å². The highest BCUT2D eigenvalue weighted by atomic mass is 32.2. The third-order valence-electron chi connectivity index (χ3n) is 5.22. The van der Waals surface area contributed by atoms with Gasteiger partial charge in [-0.25, -0.2) is 8.42 Å². The van der Waals surface area contributed by atoms with Gasteiger partial charge in [0.2, 0.25) is 5.91 Å². The minimum atomic E-state index is -3.86. The lowest BCUT2D eigenvalue weighted by molar-refractivity contribution is -0.130. The van der Waals surface area contributed by atoms with Crippen molar-refractivity contribution in [1.29, 1.82) is 5.26 Å². The van der Waals surface area contributed by atoms with Crippen molar-refractivity contribution in [3.05, 3.63) is 57.7 Å². The smallest absolute Gasteiger partial charge is 0.308 e. The molecule has 0 radical (unpaired) electrons. The van der Waals surface area contributed by atoms with Crippen LogP contribution in [0.15, 0.2) is 52.2 Å². The Morgan fingerprint density at radius 3 is 2.52 bits per heavy atom. The lowest BCUT2D eigenvalue weighted by atomic mass is 10.2. The summed E-state index contributed by atoms with van der Waals surface area (Å²) in [5.74, 6) is 0.0366. The molecule has 4 rings (SSSR count). The van der Waals surface area contributed by atoms with Gasteiger partial charge in [-0.1, -0.05) is 11.3 Å². The van der Waals surface area contributed by atoms with Gasteiger partial charge < -0.3 is 4.90 Å². The number of carbonyl (C=O) groups excluding carboxylic acids is 1. The minimum Gasteiger partial charge on any atom is -0.343 e. The van der Waals surface area contributed by atoms with E-state index in [0.717, 1.165) is 37.3 Å². The molecule has 0 unspecified atom stereocenters. The molecule has 0 aliphatic carbocycles. The standard InChI is InChI=1S/C21H20N4O4S2/c22-14-15-3-5-16(6-4-15)23-31(28,29)17-7-8-18-19(13-17)30-21(27)25(18)12-9-20(26)24-10-1-2-11-24/h3-8,13,23H,1-2,9-12H2. The first kappa shape index (κ1) is 21.1. The number of rotatable bonds is 6. The lowest BCUT2D eigenvalue weighted by Gasteiger charge is -2.15. The number of likely N-dealkylation sites (tertiary alicyclic amines) is 1. The van der Waals surface area contributed by atoms with Crippen molar-refractivity contribution in [2.75, 3.05) is 17.8 Å². The molecule has 31 heavy (non-hydrogen) atoms. The van der Waals surface area contributed by atoms with Gasteiger partial charge >= 0.3 is 4.87 Å². The van der Waals surface area contributed by atoms with E-state index in [4.69, 9.17) is 5.26 Å². The van der Waals surface area contributed by atoms with Crippen LogP contribution in [0.5, 0.6) is 0 Å². The fourth-order valence-electron chi connectivity index (χ4n) is 3.58. The van der Waals surface area contributed by atoms with Crippen LogP contribution in [-0.2, 0) is 21.4 Å². The number of hydrogen-bond acceptors (Lipinski definition) is 6. The number of anilines is 1. The van der Waals surface area contributed by atoms with Crippen LogP contribution in [0.4, 0.5) is 5.69 Å². The molecule has 1 amide bonds. The fraction of sp³-hybridized carbons (Fsp3) is 0.286. The van der Waals surface area contributed by atoms with Crippen LogP contribution < -0.4 is 9.60 Å². The van der Waals surface area contributed by atoms with E-state index in [-0.39, 0.29) is 28.6 Å². The topological polar surface area (TPSA) is 112 Å². The summed E-state index contributed by atoms with van der Waals surface area (Å²) >= 11 is 0.958. The Morgan fingerprint density at radius 1 is 1.13 bits per heavy atom. The molecule has 8 nitrogen and oxygen atoms in total. The summed E-state index contributed by atoms with van der Waals surface area (Å²) in [4.78, 5) is 26.4. The number of aromatic nitrogens is 1. The van der Waals surface area contributed by atoms with Crippen LogP contribution in [0, 0.1) is 11.3 Å². The van der Waals surface area contributed by atoms with E-state index >= 15 is 0 Å². The van der Waals surface area contributed by atoms with Gasteiger partial charge in [0.1, 0.15) is 0 Å². The monoisotopic (exact) mass is 456 g/mol. The van der Waals surface area contributed by atoms with Crippen LogP contribution >= 0.6 is 11.3 Å². The van der Waals surface area contributed by atoms with Gasteiger partial charge in [-0.15, -0.1) is 0 Å². The number of aryl methyl sites for hydroxylation is 1. The zero-order valence-electron chi connectivity index (χ0n) is 16.6. The van der Waals surface area contributed by atoms with Crippen LogP contribution in [0.3, 0.4) is 0 Å². The SMILES string of the molecule is N#Cc1ccc(NS(=O)(=O)c2ccc3c(c2)sc(=O)n3CCC(=O)N2CCCC2)cc1. The first-order valence-electron chi connectivity index (χ1n) is 9.81. The molecule has 1 aromatic heterocycles. The molecule has 2 heterocycles. The molecule has 1 aliphatic rings. The first-order chi connectivity index (χ1) is 14.9. The fourth-order valence-corrected chi connectivity index (χ4v) is 5.70. The van der Waals surface area contributed by atoms with Crippen molar-refractivity contribution < 1.29 is 13.2 Å². The lowest BCUT2D eigenvalue weighted by Crippen LogP contribution is -2.29. The maximum Gasteiger partial charge on any atom is 0.308 e. The molecule has 0 saturated carbocycles. The molecule has 1 fully saturated rings. The molecular weight excluding hydrogens is 436 g/mol. The quantitative estimate of drug-likeness (QED) is 0.613. The number of benzene rings is 2. The second kappa shape index (κ2) is 8.53. The van der Waals surface area contributed by atoms with Gasteiger partial charge in [-0.05, 0) is 55.3 Å². The van der Waals surface area contributed by atoms with E-state index in [1.807, 2.05) is 11.0 Å². The zero-order chi connectivity index (χ0) is 22.0. The Morgan fingerprint density at radius 2 is 1.84 bits per heavy atom. The van der Waals surface area contributed by atoms with Gasteiger partial charge in [0.15, 0.2) is 0 Å². The predicted molar refractivity (Wildman–Crippen MR) is 118 cm³/mol. The highest BCUT2D eigenvalue weighted by Crippen LogP contribution is 2.24. The molecule has 1 saturated heterocycles. The molecule has 1 aliphatic heterocycles. The molecular formula is C21H20N4O4S2. The molecule has 0 atom stereocenters. The van der Waals surface area contributed by atoms with Crippen molar-refractivity contribution in [3.8, 4) is 6.07 Å². The van der Waals surface area contributed by atoms with Crippen molar-refractivity contribution in [2.45, 2.75) is 30.7 Å². The van der Waals surface area contributed by atoms with E-state index in [0.29, 0.717) is 21.5 Å². The normalized spacial score (nSPS) is 14.0. The predicted octanol–water partition coefficient (Wildman–Crippen LogP) is 2.75. The first-order valence-corrected chi connectivity index (χ1v) is 12.1. The van der Waals surface area contributed by atoms with Crippen LogP contribution in [0.1, 0.15) is 24.8 Å². The van der Waals surface area contributed by atoms with E-state index in [1.165, 1.54) is 41.0 Å². The van der Waals surface area contributed by atoms with E-state index in [2.05, 4.69) is 4.72 Å². The van der Waals surface area contributed by atoms with Gasteiger partial charge in [-0.2, -0.15) is 5.26 Å². The summed E-state index contributed by atoms with van der Waals surface area (Å²) in [6.45, 7) is 1.81. The third-order valence-corrected chi connectivity index (χ3v) is 7.55. The Balaban J connectivity index is 1.54. The maximum absolute atomic E-state index is 12.7. The number of fused-ring (bicyclic) bond motifs is 1. The molecule has 3 aromatic rings. The number of carbonyl (C=O) groups is 1. The summed E-state index contributed by atoms with van der Waals surface area (Å²) < 4.78 is 30.0. The number of hydrogen-bond donors (Lipinski definition) is 1. The van der Waals surface area contributed by atoms with E-state index in [1.54, 1.807) is 6.07 Å². The third kappa shape index (κ3) is 4.47. The van der Waals surface area contributed by atoms with Gasteiger partial charge in [0.25, 0.3) is 10.0 Å². The summed E-state index contributed by atoms with van der Waals surface area (Å²) in [6.07, 6.45) is 2.27. The molecule has 1 N–H and O–H groups in total. The maximum atomic E-state index is 12.7. The highest BCUT2D eigenvalue weighted by molar-refractivity contribution is 7.92. The zero-order valence-corrected chi connectivity index (χ0v) is 18.2. The van der Waals surface area contributed by atoms with Crippen LogP contribution in [0.2, 0.25) is 0 Å². The number of nitrogens with one attached hydrogen (secondary N) is 1. The number of amides is 1. The summed E-state index contributed by atoms with van der Waals surface area (Å²) in [7, 11) is -3.86. The largest absolute Gasteiger partial charge is 0.343 e. The molecule has 0 bridgehead atoms. The second-order valence-corrected chi connectivity index (χ2v) is 9.96. The Hall–Kier alpha value is -3.16. The minimum absolute atomic E-state index is 0.0332. The van der Waals surface area contributed by atoms with Gasteiger partial charge in [0.05, 0.1) is 26.7 Å². The number of nitriles is 1. The van der Waals surface area contributed by atoms with Crippen molar-refractivity contribution >= 4 is 43.2 Å². The van der Waals surface area contributed by atoms with Crippen molar-refractivity contribution in [2.24, 2.45) is 0 Å². The van der Waals surface area contributed by atoms with Crippen LogP contribution in [-0.4, -0.2) is 36.9 Å². The molecule has 10 heteroatoms. The van der Waals surface area contributed by atoms with Crippen LogP contribution in [0.25, 0.3) is 10.2 Å². The summed E-state index contributed by atoms with van der Waals surface area (Å²) in [6, 6.07) is 12.6. The molecule has 2 aromatic carbocycles. The van der Waals surface area contributed by atoms with E-state index < -0.39 is 10.0 Å². The molecule has 160 valence electrons. The van der Waals surface area contributed by atoms with Gasteiger partial charge in [0, 0.05) is 31.7 Å². The molecule has 0 spiro atoms. The summed E-state index contributed by atoms with van der Waals surface area (Å²) in [5, 5.41) is 8.85. The Bertz CT molecular complexity index is 1330. The highest BCUT2D eigenvalue weighted by Gasteiger charge is 2.20. The number of nitrogens with zero attached hydrogens (tertiary/aromatic N) is 3. The van der Waals surface area contributed by atoms with Crippen molar-refractivity contribution in [3.63, 3.8) is 0 Å². The van der Waals surface area contributed by atoms with E-state index in [9.17, 15) is 18.0 Å². The average Bonchev–Trinajstić information content (AvgIpc) is 3.39. The Kier molecular flexibility index (Phi) is 5.80. The average molecular weight is 457 g/mol. The summed E-state index contributed by atoms with van der Waals surface area (Å²) in [5.41, 5.74) is 1.38. The number of thiazole rings is 1.